The smallest absolute Gasteiger partial charge is 0.269 e. The summed E-state index contributed by atoms with van der Waals surface area (Å²) in [5, 5.41) is 12.5. The van der Waals surface area contributed by atoms with Crippen molar-refractivity contribution in [3.63, 3.8) is 0 Å². The van der Waals surface area contributed by atoms with Gasteiger partial charge < -0.3 is 15.2 Å². The molecule has 2 N–H and O–H groups in total. The van der Waals surface area contributed by atoms with Gasteiger partial charge in [-0.25, -0.2) is 0 Å². The number of rotatable bonds is 6. The van der Waals surface area contributed by atoms with Crippen molar-refractivity contribution < 1.29 is 14.7 Å². The first-order valence-electron chi connectivity index (χ1n) is 10.3. The van der Waals surface area contributed by atoms with Crippen molar-refractivity contribution in [1.29, 1.82) is 0 Å². The quantitative estimate of drug-likeness (QED) is 0.721. The molecule has 1 fully saturated rings. The number of allylic oxidation sites excluding steroid dienone is 2. The van der Waals surface area contributed by atoms with Gasteiger partial charge in [-0.15, -0.1) is 0 Å². The van der Waals surface area contributed by atoms with E-state index in [4.69, 9.17) is 0 Å². The lowest BCUT2D eigenvalue weighted by molar-refractivity contribution is -0.111. The Labute approximate surface area is 172 Å². The van der Waals surface area contributed by atoms with E-state index >= 15 is 0 Å². The van der Waals surface area contributed by atoms with Crippen LogP contribution in [0, 0.1) is 0 Å². The zero-order chi connectivity index (χ0) is 21.1. The van der Waals surface area contributed by atoms with Crippen LogP contribution in [0.1, 0.15) is 55.1 Å². The van der Waals surface area contributed by atoms with Gasteiger partial charge in [-0.3, -0.25) is 14.7 Å². The molecule has 2 unspecified atom stereocenters. The Hall–Kier alpha value is -2.31. The third-order valence-electron chi connectivity index (χ3n) is 6.87. The van der Waals surface area contributed by atoms with Crippen molar-refractivity contribution in [3.8, 4) is 0 Å². The lowest BCUT2D eigenvalue weighted by Crippen LogP contribution is -2.62. The summed E-state index contributed by atoms with van der Waals surface area (Å²) in [4.78, 5) is 30.4. The first-order valence-corrected chi connectivity index (χ1v) is 10.3. The second-order valence-electron chi connectivity index (χ2n) is 8.30. The van der Waals surface area contributed by atoms with Gasteiger partial charge in [0.1, 0.15) is 12.0 Å². The summed E-state index contributed by atoms with van der Waals surface area (Å²) in [6.07, 6.45) is 14.5. The second kappa shape index (κ2) is 8.59. The van der Waals surface area contributed by atoms with Crippen molar-refractivity contribution in [2.45, 2.75) is 62.1 Å². The Kier molecular flexibility index (Phi) is 6.34. The van der Waals surface area contributed by atoms with Gasteiger partial charge >= 0.3 is 0 Å². The monoisotopic (exact) mass is 397 g/mol. The number of hydrogen-bond acceptors (Lipinski definition) is 5. The van der Waals surface area contributed by atoms with Crippen LogP contribution in [0.25, 0.3) is 0 Å². The van der Waals surface area contributed by atoms with Crippen LogP contribution in [-0.4, -0.2) is 59.0 Å². The van der Waals surface area contributed by atoms with Crippen LogP contribution in [0.5, 0.6) is 0 Å². The largest absolute Gasteiger partial charge is 0.393 e. The zero-order valence-corrected chi connectivity index (χ0v) is 17.5. The molecule has 1 aromatic rings. The molecule has 29 heavy (non-hydrogen) atoms. The lowest BCUT2D eigenvalue weighted by Gasteiger charge is -2.55. The van der Waals surface area contributed by atoms with E-state index in [0.717, 1.165) is 37.5 Å². The van der Waals surface area contributed by atoms with Gasteiger partial charge in [0, 0.05) is 31.1 Å². The Morgan fingerprint density at radius 1 is 1.28 bits per heavy atom. The van der Waals surface area contributed by atoms with Crippen LogP contribution >= 0.6 is 0 Å². The molecule has 2 aliphatic carbocycles. The Morgan fingerprint density at radius 2 is 1.97 bits per heavy atom. The van der Waals surface area contributed by atoms with Crippen molar-refractivity contribution in [3.05, 3.63) is 53.9 Å². The van der Waals surface area contributed by atoms with Crippen LogP contribution in [0.15, 0.2) is 42.6 Å². The number of amides is 1. The van der Waals surface area contributed by atoms with Crippen molar-refractivity contribution in [1.82, 2.24) is 15.2 Å². The normalized spacial score (nSPS) is 31.6. The summed E-state index contributed by atoms with van der Waals surface area (Å²) in [7, 11) is 3.67. The fourth-order valence-corrected chi connectivity index (χ4v) is 4.90. The third-order valence-corrected chi connectivity index (χ3v) is 6.87. The highest BCUT2D eigenvalue weighted by molar-refractivity contribution is 5.91. The molecule has 1 aromatic heterocycles. The predicted octanol–water partition coefficient (Wildman–Crippen LogP) is 2.39. The van der Waals surface area contributed by atoms with Crippen molar-refractivity contribution in [2.75, 3.05) is 14.1 Å². The van der Waals surface area contributed by atoms with Crippen LogP contribution in [0.2, 0.25) is 0 Å². The molecule has 0 spiro atoms. The first-order chi connectivity index (χ1) is 13.9. The van der Waals surface area contributed by atoms with Crippen LogP contribution in [0.4, 0.5) is 0 Å². The lowest BCUT2D eigenvalue weighted by atomic mass is 9.62. The molecule has 156 valence electrons. The number of hydrogen-bond donors (Lipinski definition) is 2. The predicted molar refractivity (Wildman–Crippen MR) is 113 cm³/mol. The standard InChI is InChI=1S/C23H31N3O3/c1-22(17-6-11-20(25-16-17)21(29)24-2)12-4-5-13-23(22,14-15-27)26(3)18-7-9-19(28)10-8-18/h4-6,11-13,15-16,18-19,28H,7-10,14H2,1-3H3,(H,24,29). The van der Waals surface area contributed by atoms with Gasteiger partial charge in [-0.05, 0) is 51.3 Å². The molecule has 6 heteroatoms. The summed E-state index contributed by atoms with van der Waals surface area (Å²) in [5.74, 6) is -0.224. The SMILES string of the molecule is CNC(=O)c1ccc(C2(C)C=CC=CC2(CC=O)N(C)C2CCC(O)CC2)cn1. The summed E-state index contributed by atoms with van der Waals surface area (Å²) >= 11 is 0. The highest BCUT2D eigenvalue weighted by Crippen LogP contribution is 2.47. The van der Waals surface area contributed by atoms with E-state index in [1.54, 1.807) is 19.3 Å². The van der Waals surface area contributed by atoms with Crippen LogP contribution in [-0.2, 0) is 10.2 Å². The van der Waals surface area contributed by atoms with Gasteiger partial charge in [0.25, 0.3) is 5.91 Å². The Bertz CT molecular complexity index is 796. The molecule has 1 heterocycles. The minimum Gasteiger partial charge on any atom is -0.393 e. The van der Waals surface area contributed by atoms with Gasteiger partial charge in [0.2, 0.25) is 0 Å². The number of aromatic nitrogens is 1. The fraction of sp³-hybridized carbons (Fsp3) is 0.522. The second-order valence-corrected chi connectivity index (χ2v) is 8.30. The molecule has 0 aromatic carbocycles. The average molecular weight is 398 g/mol. The summed E-state index contributed by atoms with van der Waals surface area (Å²) < 4.78 is 0. The van der Waals surface area contributed by atoms with Gasteiger partial charge in [0.05, 0.1) is 11.6 Å². The minimum absolute atomic E-state index is 0.224. The van der Waals surface area contributed by atoms with E-state index in [9.17, 15) is 14.7 Å². The minimum atomic E-state index is -0.549. The van der Waals surface area contributed by atoms with Crippen molar-refractivity contribution in [2.24, 2.45) is 0 Å². The summed E-state index contributed by atoms with van der Waals surface area (Å²) in [6, 6.07) is 3.94. The molecule has 2 aliphatic rings. The van der Waals surface area contributed by atoms with E-state index < -0.39 is 11.0 Å². The van der Waals surface area contributed by atoms with E-state index in [-0.39, 0.29) is 18.1 Å². The molecule has 6 nitrogen and oxygen atoms in total. The highest BCUT2D eigenvalue weighted by Gasteiger charge is 2.51. The van der Waals surface area contributed by atoms with Gasteiger partial charge in [-0.1, -0.05) is 30.4 Å². The number of carbonyl (C=O) groups is 2. The van der Waals surface area contributed by atoms with Gasteiger partial charge in [-0.2, -0.15) is 0 Å². The molecule has 0 bridgehead atoms. The maximum absolute atomic E-state index is 11.9. The number of pyridine rings is 1. The molecule has 0 aliphatic heterocycles. The van der Waals surface area contributed by atoms with Crippen molar-refractivity contribution >= 4 is 12.2 Å². The summed E-state index contributed by atoms with van der Waals surface area (Å²) in [5.41, 5.74) is 0.273. The molecule has 2 atom stereocenters. The van der Waals surface area contributed by atoms with Crippen LogP contribution in [0.3, 0.4) is 0 Å². The topological polar surface area (TPSA) is 82.5 Å². The van der Waals surface area contributed by atoms with E-state index in [0.29, 0.717) is 12.1 Å². The molecule has 0 radical (unpaired) electrons. The zero-order valence-electron chi connectivity index (χ0n) is 17.5. The number of nitrogens with zero attached hydrogens (tertiary/aromatic N) is 2. The fourth-order valence-electron chi connectivity index (χ4n) is 4.90. The average Bonchev–Trinajstić information content (AvgIpc) is 2.75. The van der Waals surface area contributed by atoms with Crippen LogP contribution < -0.4 is 5.32 Å². The molecule has 0 saturated heterocycles. The first kappa shape index (κ1) is 21.4. The molecular weight excluding hydrogens is 366 g/mol. The summed E-state index contributed by atoms with van der Waals surface area (Å²) in [6.45, 7) is 2.13. The molecule has 3 rings (SSSR count). The van der Waals surface area contributed by atoms with E-state index in [2.05, 4.69) is 41.3 Å². The number of aliphatic hydroxyl groups excluding tert-OH is 1. The van der Waals surface area contributed by atoms with E-state index in [1.807, 2.05) is 18.2 Å². The number of likely N-dealkylation sites (N-methyl/N-ethyl adjacent to an activating group) is 1. The number of nitrogens with one attached hydrogen (secondary N) is 1. The molecular formula is C23H31N3O3. The molecule has 1 amide bonds. The maximum atomic E-state index is 11.9. The third kappa shape index (κ3) is 3.79. The maximum Gasteiger partial charge on any atom is 0.269 e. The number of aldehydes is 1. The highest BCUT2D eigenvalue weighted by atomic mass is 16.3. The number of carbonyl (C=O) groups excluding carboxylic acids is 2. The molecule has 1 saturated carbocycles. The van der Waals surface area contributed by atoms with E-state index in [1.165, 1.54) is 0 Å². The Balaban J connectivity index is 2.01. The van der Waals surface area contributed by atoms with Gasteiger partial charge in [0.15, 0.2) is 0 Å². The number of aliphatic hydroxyl groups is 1. The Morgan fingerprint density at radius 3 is 2.55 bits per heavy atom.